The summed E-state index contributed by atoms with van der Waals surface area (Å²) in [5.41, 5.74) is -9.51. The predicted octanol–water partition coefficient (Wildman–Crippen LogP) is 5.34. The van der Waals surface area contributed by atoms with E-state index < -0.39 is 67.0 Å². The smallest absolute Gasteiger partial charge is 0.444 e. The maximum atomic E-state index is 14.6. The van der Waals surface area contributed by atoms with Crippen LogP contribution in [-0.4, -0.2) is 46.6 Å². The first-order valence-electron chi connectivity index (χ1n) is 9.86. The number of amides is 1. The van der Waals surface area contributed by atoms with Gasteiger partial charge in [0.25, 0.3) is 0 Å². The summed E-state index contributed by atoms with van der Waals surface area (Å²) in [5, 5.41) is -1.03. The topological polar surface area (TPSA) is 90.7 Å². The Labute approximate surface area is 204 Å². The number of alkyl halides is 6. The van der Waals surface area contributed by atoms with Crippen molar-refractivity contribution >= 4 is 27.8 Å². The maximum absolute atomic E-state index is 14.6. The van der Waals surface area contributed by atoms with E-state index in [2.05, 4.69) is 9.17 Å². The number of hydrogen-bond acceptors (Lipinski definition) is 6. The normalized spacial score (nSPS) is 15.0. The number of benzene rings is 1. The summed E-state index contributed by atoms with van der Waals surface area (Å²) in [7, 11) is -6.31. The largest absolute Gasteiger partial charge is 0.534 e. The Hall–Kier alpha value is -2.75. The molecule has 2 aromatic rings. The van der Waals surface area contributed by atoms with Crippen LogP contribution in [0.4, 0.5) is 35.5 Å². The van der Waals surface area contributed by atoms with E-state index in [1.54, 1.807) is 20.8 Å². The standard InChI is InChI=1S/C19H17ClF7N3O5S/c1-17(2,3)34-16(31)29-4-5-30-12(8-29)28-15(18(22,23)24)13(30)9-6-10(20)14(11(21)7-9)35-36(32,33)19(25,26)27/h6-7H,4-5,8H2,1-3H3. The van der Waals surface area contributed by atoms with Crippen molar-refractivity contribution in [1.82, 2.24) is 14.5 Å². The average molecular weight is 568 g/mol. The van der Waals surface area contributed by atoms with Crippen molar-refractivity contribution in [1.29, 1.82) is 0 Å². The Balaban J connectivity index is 2.06. The number of halogens is 8. The Morgan fingerprint density at radius 2 is 1.69 bits per heavy atom. The molecule has 1 amide bonds. The lowest BCUT2D eigenvalue weighted by atomic mass is 10.1. The van der Waals surface area contributed by atoms with Gasteiger partial charge in [0.15, 0.2) is 17.3 Å². The first kappa shape index (κ1) is 27.8. The molecule has 0 atom stereocenters. The zero-order chi connectivity index (χ0) is 27.4. The van der Waals surface area contributed by atoms with Crippen LogP contribution >= 0.6 is 11.6 Å². The minimum absolute atomic E-state index is 0.107. The van der Waals surface area contributed by atoms with Crippen LogP contribution in [0.2, 0.25) is 5.02 Å². The van der Waals surface area contributed by atoms with Crippen LogP contribution in [0.5, 0.6) is 5.75 Å². The van der Waals surface area contributed by atoms with Crippen LogP contribution in [0.1, 0.15) is 32.3 Å². The van der Waals surface area contributed by atoms with Crippen LogP contribution in [0.25, 0.3) is 11.3 Å². The van der Waals surface area contributed by atoms with Crippen molar-refractivity contribution in [3.8, 4) is 17.0 Å². The van der Waals surface area contributed by atoms with Crippen molar-refractivity contribution < 1.29 is 52.9 Å². The third-order valence-corrected chi connectivity index (χ3v) is 5.87. The van der Waals surface area contributed by atoms with Gasteiger partial charge >= 0.3 is 27.9 Å². The van der Waals surface area contributed by atoms with E-state index in [-0.39, 0.29) is 25.5 Å². The number of carbonyl (C=O) groups is 1. The second kappa shape index (κ2) is 8.97. The lowest BCUT2D eigenvalue weighted by Gasteiger charge is -2.31. The molecule has 8 nitrogen and oxygen atoms in total. The summed E-state index contributed by atoms with van der Waals surface area (Å²) in [6.07, 6.45) is -5.86. The van der Waals surface area contributed by atoms with Gasteiger partial charge in [-0.1, -0.05) is 11.6 Å². The van der Waals surface area contributed by atoms with Crippen molar-refractivity contribution in [3.63, 3.8) is 0 Å². The molecule has 0 saturated heterocycles. The lowest BCUT2D eigenvalue weighted by Crippen LogP contribution is -2.41. The lowest BCUT2D eigenvalue weighted by molar-refractivity contribution is -0.140. The molecule has 36 heavy (non-hydrogen) atoms. The van der Waals surface area contributed by atoms with E-state index in [1.807, 2.05) is 0 Å². The number of rotatable bonds is 3. The molecule has 200 valence electrons. The predicted molar refractivity (Wildman–Crippen MR) is 110 cm³/mol. The third-order valence-electron chi connectivity index (χ3n) is 4.64. The van der Waals surface area contributed by atoms with Crippen molar-refractivity contribution in [3.05, 3.63) is 34.5 Å². The van der Waals surface area contributed by atoms with Crippen molar-refractivity contribution in [2.24, 2.45) is 0 Å². The third kappa shape index (κ3) is 5.63. The SMILES string of the molecule is CC(C)(C)OC(=O)N1CCn2c(nc(C(F)(F)F)c2-c2cc(F)c(OS(=O)(=O)C(F)(F)F)c(Cl)c2)C1. The number of hydrogen-bond donors (Lipinski definition) is 0. The van der Waals surface area contributed by atoms with Gasteiger partial charge in [-0.05, 0) is 32.9 Å². The first-order valence-corrected chi connectivity index (χ1v) is 11.6. The quantitative estimate of drug-likeness (QED) is 0.283. The van der Waals surface area contributed by atoms with Crippen LogP contribution < -0.4 is 4.18 Å². The molecular weight excluding hydrogens is 551 g/mol. The second-order valence-corrected chi connectivity index (χ2v) is 10.5. The molecule has 0 unspecified atom stereocenters. The molecule has 1 aromatic carbocycles. The summed E-state index contributed by atoms with van der Waals surface area (Å²) in [6.45, 7) is 4.07. The zero-order valence-corrected chi connectivity index (χ0v) is 20.2. The minimum Gasteiger partial charge on any atom is -0.444 e. The van der Waals surface area contributed by atoms with Crippen LogP contribution in [0.3, 0.4) is 0 Å². The second-order valence-electron chi connectivity index (χ2n) is 8.53. The van der Waals surface area contributed by atoms with Gasteiger partial charge in [0.2, 0.25) is 0 Å². The minimum atomic E-state index is -6.31. The van der Waals surface area contributed by atoms with E-state index in [1.165, 1.54) is 0 Å². The van der Waals surface area contributed by atoms with Crippen LogP contribution in [0.15, 0.2) is 12.1 Å². The number of nitrogens with zero attached hydrogens (tertiary/aromatic N) is 3. The summed E-state index contributed by atoms with van der Waals surface area (Å²) < 4.78 is 126. The number of aromatic nitrogens is 2. The number of imidazole rings is 1. The summed E-state index contributed by atoms with van der Waals surface area (Å²) in [4.78, 5) is 17.0. The molecule has 1 aromatic heterocycles. The Morgan fingerprint density at radius 3 is 2.19 bits per heavy atom. The van der Waals surface area contributed by atoms with E-state index in [4.69, 9.17) is 16.3 Å². The van der Waals surface area contributed by atoms with Gasteiger partial charge in [-0.25, -0.2) is 14.2 Å². The van der Waals surface area contributed by atoms with E-state index in [9.17, 15) is 43.9 Å². The number of ether oxygens (including phenoxy) is 1. The maximum Gasteiger partial charge on any atom is 0.534 e. The molecule has 0 saturated carbocycles. The van der Waals surface area contributed by atoms with Gasteiger partial charge in [0.1, 0.15) is 11.4 Å². The van der Waals surface area contributed by atoms with Gasteiger partial charge in [0, 0.05) is 18.7 Å². The van der Waals surface area contributed by atoms with Crippen molar-refractivity contribution in [2.45, 2.75) is 51.1 Å². The Kier molecular flexibility index (Phi) is 6.94. The van der Waals surface area contributed by atoms with Crippen LogP contribution in [-0.2, 0) is 34.1 Å². The molecule has 0 bridgehead atoms. The highest BCUT2D eigenvalue weighted by atomic mass is 35.5. The fourth-order valence-corrected chi connectivity index (χ4v) is 4.01. The van der Waals surface area contributed by atoms with E-state index >= 15 is 0 Å². The van der Waals surface area contributed by atoms with Gasteiger partial charge < -0.3 is 13.5 Å². The molecular formula is C19H17ClF7N3O5S. The van der Waals surface area contributed by atoms with Crippen LogP contribution in [0, 0.1) is 5.82 Å². The Bertz CT molecular complexity index is 1280. The summed E-state index contributed by atoms with van der Waals surface area (Å²) in [5.74, 6) is -3.54. The van der Waals surface area contributed by atoms with Gasteiger partial charge in [-0.3, -0.25) is 4.90 Å². The molecule has 0 fully saturated rings. The molecule has 0 radical (unpaired) electrons. The van der Waals surface area contributed by atoms with Gasteiger partial charge in [-0.2, -0.15) is 34.8 Å². The number of carbonyl (C=O) groups excluding carboxylic acids is 1. The van der Waals surface area contributed by atoms with Gasteiger partial charge in [0.05, 0.1) is 17.3 Å². The number of fused-ring (bicyclic) bond motifs is 1. The zero-order valence-electron chi connectivity index (χ0n) is 18.6. The highest BCUT2D eigenvalue weighted by molar-refractivity contribution is 7.88. The van der Waals surface area contributed by atoms with Crippen molar-refractivity contribution in [2.75, 3.05) is 6.54 Å². The molecule has 0 N–H and O–H groups in total. The first-order chi connectivity index (χ1) is 16.2. The molecule has 0 spiro atoms. The summed E-state index contributed by atoms with van der Waals surface area (Å²) >= 11 is 5.71. The molecule has 17 heteroatoms. The van der Waals surface area contributed by atoms with E-state index in [0.29, 0.717) is 12.1 Å². The molecule has 3 rings (SSSR count). The summed E-state index contributed by atoms with van der Waals surface area (Å²) in [6, 6.07) is 0.957. The fraction of sp³-hybridized carbons (Fsp3) is 0.474. The average Bonchev–Trinajstić information content (AvgIpc) is 3.07. The fourth-order valence-electron chi connectivity index (χ4n) is 3.24. The highest BCUT2D eigenvalue weighted by Crippen LogP contribution is 2.42. The molecule has 1 aliphatic heterocycles. The highest BCUT2D eigenvalue weighted by Gasteiger charge is 2.49. The monoisotopic (exact) mass is 567 g/mol. The molecule has 2 heterocycles. The van der Waals surface area contributed by atoms with Gasteiger partial charge in [-0.15, -0.1) is 0 Å². The van der Waals surface area contributed by atoms with E-state index in [0.717, 1.165) is 9.47 Å². The molecule has 1 aliphatic rings. The molecule has 0 aliphatic carbocycles. The Morgan fingerprint density at radius 1 is 1.08 bits per heavy atom.